The quantitative estimate of drug-likeness (QED) is 0.763. The zero-order valence-corrected chi connectivity index (χ0v) is 11.9. The number of aromatic nitrogens is 1. The molecule has 0 aliphatic heterocycles. The summed E-state index contributed by atoms with van der Waals surface area (Å²) in [6.45, 7) is 3.62. The van der Waals surface area contributed by atoms with Gasteiger partial charge in [0.1, 0.15) is 0 Å². The molecule has 0 spiro atoms. The van der Waals surface area contributed by atoms with Crippen LogP contribution in [0.15, 0.2) is 48.5 Å². The van der Waals surface area contributed by atoms with Crippen LogP contribution in [0.5, 0.6) is 0 Å². The van der Waals surface area contributed by atoms with Gasteiger partial charge in [-0.1, -0.05) is 36.4 Å². The smallest absolute Gasteiger partial charge is 0.338 e. The molecule has 1 aromatic heterocycles. The number of aryl methyl sites for hydroxylation is 2. The predicted molar refractivity (Wildman–Crippen MR) is 83.6 cm³/mol. The number of nitrogens with zero attached hydrogens (tertiary/aromatic N) is 1. The Hall–Kier alpha value is -2.68. The third-order valence-electron chi connectivity index (χ3n) is 3.60. The van der Waals surface area contributed by atoms with Gasteiger partial charge in [0.25, 0.3) is 0 Å². The first-order valence-corrected chi connectivity index (χ1v) is 6.77. The second-order valence-electron chi connectivity index (χ2n) is 5.14. The van der Waals surface area contributed by atoms with Crippen LogP contribution in [-0.2, 0) is 0 Å². The molecule has 0 saturated carbocycles. The molecule has 1 heterocycles. The molecule has 3 heteroatoms. The Balaban J connectivity index is 2.29. The molecule has 1 N–H and O–H groups in total. The SMILES string of the molecule is Cc1cc(-c2ccc3ccccc3c2)c(C(=O)O)c(C)n1. The number of rotatable bonds is 2. The molecule has 0 aliphatic rings. The monoisotopic (exact) mass is 277 g/mol. The number of hydrogen-bond donors (Lipinski definition) is 1. The van der Waals surface area contributed by atoms with Crippen molar-refractivity contribution in [1.29, 1.82) is 0 Å². The Morgan fingerprint density at radius 1 is 1.00 bits per heavy atom. The topological polar surface area (TPSA) is 50.2 Å². The van der Waals surface area contributed by atoms with Crippen molar-refractivity contribution in [2.24, 2.45) is 0 Å². The molecule has 21 heavy (non-hydrogen) atoms. The molecule has 3 rings (SSSR count). The summed E-state index contributed by atoms with van der Waals surface area (Å²) in [5, 5.41) is 11.7. The molecule has 0 radical (unpaired) electrons. The molecule has 104 valence electrons. The van der Waals surface area contributed by atoms with Gasteiger partial charge in [-0.2, -0.15) is 0 Å². The molecule has 0 fully saturated rings. The van der Waals surface area contributed by atoms with Gasteiger partial charge >= 0.3 is 5.97 Å². The molecule has 0 atom stereocenters. The third kappa shape index (κ3) is 2.38. The minimum atomic E-state index is -0.942. The van der Waals surface area contributed by atoms with Crippen molar-refractivity contribution >= 4 is 16.7 Å². The van der Waals surface area contributed by atoms with Crippen LogP contribution in [0.3, 0.4) is 0 Å². The third-order valence-corrected chi connectivity index (χ3v) is 3.60. The van der Waals surface area contributed by atoms with Gasteiger partial charge in [0.15, 0.2) is 0 Å². The molecule has 0 amide bonds. The van der Waals surface area contributed by atoms with E-state index in [4.69, 9.17) is 0 Å². The van der Waals surface area contributed by atoms with Crippen LogP contribution in [-0.4, -0.2) is 16.1 Å². The van der Waals surface area contributed by atoms with E-state index in [0.29, 0.717) is 5.69 Å². The number of fused-ring (bicyclic) bond motifs is 1. The van der Waals surface area contributed by atoms with E-state index in [1.165, 1.54) is 0 Å². The maximum absolute atomic E-state index is 11.6. The van der Waals surface area contributed by atoms with E-state index in [-0.39, 0.29) is 5.56 Å². The van der Waals surface area contributed by atoms with E-state index >= 15 is 0 Å². The number of hydrogen-bond acceptors (Lipinski definition) is 2. The highest BCUT2D eigenvalue weighted by Crippen LogP contribution is 2.29. The average Bonchev–Trinajstić information content (AvgIpc) is 2.45. The lowest BCUT2D eigenvalue weighted by Crippen LogP contribution is -2.06. The van der Waals surface area contributed by atoms with Crippen LogP contribution in [0.2, 0.25) is 0 Å². The number of aromatic carboxylic acids is 1. The summed E-state index contributed by atoms with van der Waals surface area (Å²) in [6, 6.07) is 15.9. The summed E-state index contributed by atoms with van der Waals surface area (Å²) in [5.41, 5.74) is 3.26. The predicted octanol–water partition coefficient (Wildman–Crippen LogP) is 4.22. The van der Waals surface area contributed by atoms with Crippen LogP contribution in [0.1, 0.15) is 21.7 Å². The highest BCUT2D eigenvalue weighted by Gasteiger charge is 2.16. The first kappa shape index (κ1) is 13.3. The van der Waals surface area contributed by atoms with E-state index in [0.717, 1.165) is 27.6 Å². The molecule has 3 nitrogen and oxygen atoms in total. The molecule has 2 aromatic carbocycles. The number of benzene rings is 2. The highest BCUT2D eigenvalue weighted by molar-refractivity contribution is 5.98. The Morgan fingerprint density at radius 3 is 2.43 bits per heavy atom. The van der Waals surface area contributed by atoms with Crippen molar-refractivity contribution in [2.45, 2.75) is 13.8 Å². The number of carboxylic acids is 1. The Morgan fingerprint density at radius 2 is 1.71 bits per heavy atom. The van der Waals surface area contributed by atoms with E-state index < -0.39 is 5.97 Å². The lowest BCUT2D eigenvalue weighted by atomic mass is 9.96. The number of pyridine rings is 1. The summed E-state index contributed by atoms with van der Waals surface area (Å²) in [6.07, 6.45) is 0. The number of carbonyl (C=O) groups is 1. The van der Waals surface area contributed by atoms with E-state index in [9.17, 15) is 9.90 Å². The maximum Gasteiger partial charge on any atom is 0.338 e. The highest BCUT2D eigenvalue weighted by atomic mass is 16.4. The van der Waals surface area contributed by atoms with Crippen LogP contribution in [0, 0.1) is 13.8 Å². The molecule has 0 bridgehead atoms. The van der Waals surface area contributed by atoms with Gasteiger partial charge in [-0.05, 0) is 47.9 Å². The Labute approximate surface area is 122 Å². The van der Waals surface area contributed by atoms with Crippen molar-refractivity contribution in [3.8, 4) is 11.1 Å². The lowest BCUT2D eigenvalue weighted by Gasteiger charge is -2.11. The van der Waals surface area contributed by atoms with E-state index in [1.54, 1.807) is 6.92 Å². The standard InChI is InChI=1S/C18H15NO2/c1-11-9-16(17(18(20)21)12(2)19-11)15-8-7-13-5-3-4-6-14(13)10-15/h3-10H,1-2H3,(H,20,21). The van der Waals surface area contributed by atoms with E-state index in [2.05, 4.69) is 4.98 Å². The van der Waals surface area contributed by atoms with Crippen LogP contribution < -0.4 is 0 Å². The largest absolute Gasteiger partial charge is 0.478 e. The molecule has 0 aliphatic carbocycles. The fourth-order valence-corrected chi connectivity index (χ4v) is 2.68. The Bertz CT molecular complexity index is 853. The molecule has 0 unspecified atom stereocenters. The van der Waals surface area contributed by atoms with Gasteiger partial charge in [0.2, 0.25) is 0 Å². The van der Waals surface area contributed by atoms with Crippen molar-refractivity contribution in [3.63, 3.8) is 0 Å². The molecular weight excluding hydrogens is 262 g/mol. The molecule has 0 saturated heterocycles. The van der Waals surface area contributed by atoms with E-state index in [1.807, 2.05) is 55.5 Å². The zero-order chi connectivity index (χ0) is 15.0. The summed E-state index contributed by atoms with van der Waals surface area (Å²) >= 11 is 0. The first-order chi connectivity index (χ1) is 10.1. The summed E-state index contributed by atoms with van der Waals surface area (Å²) in [4.78, 5) is 15.8. The normalized spacial score (nSPS) is 10.8. The van der Waals surface area contributed by atoms with Gasteiger partial charge in [0, 0.05) is 5.69 Å². The average molecular weight is 277 g/mol. The summed E-state index contributed by atoms with van der Waals surface area (Å²) < 4.78 is 0. The minimum Gasteiger partial charge on any atom is -0.478 e. The summed E-state index contributed by atoms with van der Waals surface area (Å²) in [7, 11) is 0. The van der Waals surface area contributed by atoms with Crippen molar-refractivity contribution < 1.29 is 9.90 Å². The maximum atomic E-state index is 11.6. The van der Waals surface area contributed by atoms with Crippen molar-refractivity contribution in [3.05, 3.63) is 65.5 Å². The first-order valence-electron chi connectivity index (χ1n) is 6.77. The zero-order valence-electron chi connectivity index (χ0n) is 11.9. The van der Waals surface area contributed by atoms with Gasteiger partial charge in [0.05, 0.1) is 11.3 Å². The second kappa shape index (κ2) is 5.02. The summed E-state index contributed by atoms with van der Waals surface area (Å²) in [5.74, 6) is -0.942. The second-order valence-corrected chi connectivity index (χ2v) is 5.14. The molecule has 3 aromatic rings. The van der Waals surface area contributed by atoms with Crippen LogP contribution in [0.25, 0.3) is 21.9 Å². The molecular formula is C18H15NO2. The lowest BCUT2D eigenvalue weighted by molar-refractivity contribution is 0.0696. The van der Waals surface area contributed by atoms with Gasteiger partial charge < -0.3 is 5.11 Å². The van der Waals surface area contributed by atoms with Crippen molar-refractivity contribution in [2.75, 3.05) is 0 Å². The van der Waals surface area contributed by atoms with Crippen LogP contribution in [0.4, 0.5) is 0 Å². The Kier molecular flexibility index (Phi) is 3.18. The van der Waals surface area contributed by atoms with Gasteiger partial charge in [-0.3, -0.25) is 4.98 Å². The van der Waals surface area contributed by atoms with Crippen molar-refractivity contribution in [1.82, 2.24) is 4.98 Å². The number of carboxylic acid groups (broad SMARTS) is 1. The van der Waals surface area contributed by atoms with Gasteiger partial charge in [-0.25, -0.2) is 4.79 Å². The minimum absolute atomic E-state index is 0.274. The fourth-order valence-electron chi connectivity index (χ4n) is 2.68. The fraction of sp³-hybridized carbons (Fsp3) is 0.111. The van der Waals surface area contributed by atoms with Gasteiger partial charge in [-0.15, -0.1) is 0 Å². The van der Waals surface area contributed by atoms with Crippen LogP contribution >= 0.6 is 0 Å².